The van der Waals surface area contributed by atoms with Crippen LogP contribution in [0.2, 0.25) is 15.1 Å². The molecule has 0 aliphatic rings. The van der Waals surface area contributed by atoms with Crippen molar-refractivity contribution in [3.63, 3.8) is 0 Å². The largest absolute Gasteiger partial charge is 0.279 e. The topological polar surface area (TPSA) is 76.9 Å². The van der Waals surface area contributed by atoms with Crippen molar-refractivity contribution in [3.05, 3.63) is 69.2 Å². The van der Waals surface area contributed by atoms with Gasteiger partial charge in [0.15, 0.2) is 0 Å². The Morgan fingerprint density at radius 3 is 2.50 bits per heavy atom. The number of aromatic nitrogens is 3. The Morgan fingerprint density at radius 2 is 1.85 bits per heavy atom. The van der Waals surface area contributed by atoms with Crippen LogP contribution in [-0.2, 0) is 16.6 Å². The molecule has 0 aliphatic carbocycles. The van der Waals surface area contributed by atoms with E-state index in [2.05, 4.69) is 15.0 Å². The second-order valence-electron chi connectivity index (χ2n) is 5.20. The van der Waals surface area contributed by atoms with Crippen molar-refractivity contribution >= 4 is 50.5 Å². The van der Waals surface area contributed by atoms with Crippen molar-refractivity contribution in [2.75, 3.05) is 4.72 Å². The van der Waals surface area contributed by atoms with E-state index < -0.39 is 15.8 Å². The fourth-order valence-corrected chi connectivity index (χ4v) is 3.92. The third-order valence-electron chi connectivity index (χ3n) is 3.40. The number of nitrogens with zero attached hydrogens (tertiary/aromatic N) is 3. The summed E-state index contributed by atoms with van der Waals surface area (Å²) in [7, 11) is -4.05. The molecule has 26 heavy (non-hydrogen) atoms. The summed E-state index contributed by atoms with van der Waals surface area (Å²) < 4.78 is 42.8. The molecule has 0 fully saturated rings. The lowest BCUT2D eigenvalue weighted by Gasteiger charge is -2.15. The lowest BCUT2D eigenvalue weighted by molar-refractivity contribution is 0.600. The van der Waals surface area contributed by atoms with Gasteiger partial charge in [-0.25, -0.2) is 17.5 Å². The number of halogens is 4. The van der Waals surface area contributed by atoms with Gasteiger partial charge in [-0.3, -0.25) is 4.72 Å². The summed E-state index contributed by atoms with van der Waals surface area (Å²) in [4.78, 5) is -0.126. The highest BCUT2D eigenvalue weighted by atomic mass is 35.5. The third-order valence-corrected chi connectivity index (χ3v) is 5.84. The van der Waals surface area contributed by atoms with Crippen LogP contribution in [-0.4, -0.2) is 23.4 Å². The fraction of sp³-hybridized carbons (Fsp3) is 0.0667. The van der Waals surface area contributed by atoms with E-state index in [4.69, 9.17) is 34.8 Å². The summed E-state index contributed by atoms with van der Waals surface area (Å²) >= 11 is 17.8. The molecule has 0 saturated heterocycles. The van der Waals surface area contributed by atoms with Crippen molar-refractivity contribution in [3.8, 4) is 0 Å². The molecule has 0 spiro atoms. The zero-order valence-corrected chi connectivity index (χ0v) is 15.9. The molecule has 136 valence electrons. The van der Waals surface area contributed by atoms with E-state index >= 15 is 0 Å². The summed E-state index contributed by atoms with van der Waals surface area (Å²) in [5, 5.41) is 7.80. The molecule has 11 heteroatoms. The molecule has 3 rings (SSSR count). The van der Waals surface area contributed by atoms with Gasteiger partial charge in [0.05, 0.1) is 38.4 Å². The fourth-order valence-electron chi connectivity index (χ4n) is 2.18. The summed E-state index contributed by atoms with van der Waals surface area (Å²) in [6.07, 6.45) is 3.02. The number of nitrogens with one attached hydrogen (secondary N) is 1. The van der Waals surface area contributed by atoms with Crippen molar-refractivity contribution in [2.45, 2.75) is 11.4 Å². The number of hydrogen-bond acceptors (Lipinski definition) is 4. The van der Waals surface area contributed by atoms with Crippen molar-refractivity contribution in [1.29, 1.82) is 0 Å². The second kappa shape index (κ2) is 7.40. The van der Waals surface area contributed by atoms with Crippen LogP contribution in [0, 0.1) is 5.82 Å². The number of sulfonamides is 1. The van der Waals surface area contributed by atoms with Gasteiger partial charge in [-0.15, -0.1) is 5.10 Å². The Hall–Kier alpha value is -1.87. The Morgan fingerprint density at radius 1 is 1.08 bits per heavy atom. The standard InChI is InChI=1S/C15H10Cl3FN4O2S/c16-12-2-1-10(7-14(12)18)26(24,25)21-15-6-9(19)5-13(17)11(15)8-23-4-3-20-22-23/h1-7,21H,8H2. The molecular formula is C15H10Cl3FN4O2S. The number of anilines is 1. The van der Waals surface area contributed by atoms with E-state index in [-0.39, 0.29) is 32.2 Å². The van der Waals surface area contributed by atoms with E-state index in [0.29, 0.717) is 5.56 Å². The Kier molecular flexibility index (Phi) is 5.38. The first-order chi connectivity index (χ1) is 12.3. The molecule has 0 unspecified atom stereocenters. The van der Waals surface area contributed by atoms with Crippen LogP contribution in [0.4, 0.5) is 10.1 Å². The number of rotatable bonds is 5. The molecule has 1 N–H and O–H groups in total. The molecule has 0 atom stereocenters. The molecule has 6 nitrogen and oxygen atoms in total. The predicted octanol–water partition coefficient (Wildman–Crippen LogP) is 4.23. The van der Waals surface area contributed by atoms with Gasteiger partial charge in [0.25, 0.3) is 10.0 Å². The predicted molar refractivity (Wildman–Crippen MR) is 97.8 cm³/mol. The van der Waals surface area contributed by atoms with E-state index in [0.717, 1.165) is 12.1 Å². The van der Waals surface area contributed by atoms with Crippen LogP contribution in [0.1, 0.15) is 5.56 Å². The zero-order chi connectivity index (χ0) is 18.9. The summed E-state index contributed by atoms with van der Waals surface area (Å²) in [5.74, 6) is -0.691. The van der Waals surface area contributed by atoms with E-state index in [1.807, 2.05) is 0 Å². The van der Waals surface area contributed by atoms with Crippen molar-refractivity contribution < 1.29 is 12.8 Å². The first-order valence-electron chi connectivity index (χ1n) is 7.06. The monoisotopic (exact) mass is 434 g/mol. The van der Waals surface area contributed by atoms with Gasteiger partial charge in [0.2, 0.25) is 0 Å². The minimum Gasteiger partial charge on any atom is -0.279 e. The Bertz CT molecular complexity index is 1060. The van der Waals surface area contributed by atoms with Crippen LogP contribution in [0.3, 0.4) is 0 Å². The summed E-state index contributed by atoms with van der Waals surface area (Å²) in [6.45, 7) is 0.0956. The molecule has 0 radical (unpaired) electrons. The number of hydrogen-bond donors (Lipinski definition) is 1. The Labute approximate surface area is 163 Å². The highest BCUT2D eigenvalue weighted by Gasteiger charge is 2.20. The third kappa shape index (κ3) is 4.09. The molecule has 0 aliphatic heterocycles. The first-order valence-corrected chi connectivity index (χ1v) is 9.68. The maximum atomic E-state index is 13.8. The van der Waals surface area contributed by atoms with Crippen molar-refractivity contribution in [1.82, 2.24) is 15.0 Å². The average molecular weight is 436 g/mol. The highest BCUT2D eigenvalue weighted by molar-refractivity contribution is 7.92. The van der Waals surface area contributed by atoms with Gasteiger partial charge in [0.1, 0.15) is 5.82 Å². The molecular weight excluding hydrogens is 426 g/mol. The molecule has 0 bridgehead atoms. The van der Waals surface area contributed by atoms with E-state index in [9.17, 15) is 12.8 Å². The smallest absolute Gasteiger partial charge is 0.261 e. The maximum Gasteiger partial charge on any atom is 0.261 e. The maximum absolute atomic E-state index is 13.8. The van der Waals surface area contributed by atoms with E-state index in [1.165, 1.54) is 29.1 Å². The van der Waals surface area contributed by atoms with Gasteiger partial charge in [-0.05, 0) is 30.3 Å². The summed E-state index contributed by atoms with van der Waals surface area (Å²) in [5.41, 5.74) is 0.318. The van der Waals surface area contributed by atoms with Gasteiger partial charge in [0, 0.05) is 11.8 Å². The minimum atomic E-state index is -4.05. The quantitative estimate of drug-likeness (QED) is 0.651. The molecule has 1 heterocycles. The van der Waals surface area contributed by atoms with Crippen LogP contribution < -0.4 is 4.72 Å². The molecule has 0 amide bonds. The van der Waals surface area contributed by atoms with Gasteiger partial charge in [-0.1, -0.05) is 40.0 Å². The molecule has 2 aromatic carbocycles. The molecule has 3 aromatic rings. The molecule has 1 aromatic heterocycles. The van der Waals surface area contributed by atoms with Crippen LogP contribution in [0.5, 0.6) is 0 Å². The van der Waals surface area contributed by atoms with Gasteiger partial charge < -0.3 is 0 Å². The SMILES string of the molecule is O=S(=O)(Nc1cc(F)cc(Cl)c1Cn1ccnn1)c1ccc(Cl)c(Cl)c1. The minimum absolute atomic E-state index is 0.0171. The number of benzene rings is 2. The normalized spacial score (nSPS) is 11.5. The van der Waals surface area contributed by atoms with Gasteiger partial charge >= 0.3 is 0 Å². The average Bonchev–Trinajstić information content (AvgIpc) is 3.06. The van der Waals surface area contributed by atoms with E-state index in [1.54, 1.807) is 6.20 Å². The lowest BCUT2D eigenvalue weighted by Crippen LogP contribution is -2.16. The Balaban J connectivity index is 2.01. The lowest BCUT2D eigenvalue weighted by atomic mass is 10.2. The summed E-state index contributed by atoms with van der Waals surface area (Å²) in [6, 6.07) is 5.96. The highest BCUT2D eigenvalue weighted by Crippen LogP contribution is 2.30. The zero-order valence-electron chi connectivity index (χ0n) is 12.8. The first kappa shape index (κ1) is 18.9. The van der Waals surface area contributed by atoms with Crippen LogP contribution in [0.25, 0.3) is 0 Å². The molecule has 0 saturated carbocycles. The van der Waals surface area contributed by atoms with Gasteiger partial charge in [-0.2, -0.15) is 0 Å². The van der Waals surface area contributed by atoms with Crippen LogP contribution in [0.15, 0.2) is 47.6 Å². The van der Waals surface area contributed by atoms with Crippen molar-refractivity contribution in [2.24, 2.45) is 0 Å². The second-order valence-corrected chi connectivity index (χ2v) is 8.10. The van der Waals surface area contributed by atoms with Crippen LogP contribution >= 0.6 is 34.8 Å².